The van der Waals surface area contributed by atoms with Gasteiger partial charge in [0.05, 0.1) is 32.9 Å². The van der Waals surface area contributed by atoms with E-state index in [0.717, 1.165) is 25.7 Å². The third kappa shape index (κ3) is 8.05. The summed E-state index contributed by atoms with van der Waals surface area (Å²) in [6.45, 7) is 9.19. The van der Waals surface area contributed by atoms with Crippen molar-refractivity contribution >= 4 is 11.9 Å². The lowest BCUT2D eigenvalue weighted by Crippen LogP contribution is -2.22. The van der Waals surface area contributed by atoms with Gasteiger partial charge in [0.2, 0.25) is 5.91 Å². The number of rotatable bonds is 11. The molecule has 2 heterocycles. The number of esters is 1. The Kier molecular flexibility index (Phi) is 9.85. The normalized spacial score (nSPS) is 27.0. The number of amides is 1. The fourth-order valence-electron chi connectivity index (χ4n) is 1.85. The van der Waals surface area contributed by atoms with Crippen molar-refractivity contribution < 1.29 is 24.0 Å². The average Bonchev–Trinajstić information content (AvgIpc) is 3.43. The van der Waals surface area contributed by atoms with Crippen LogP contribution < -0.4 is 5.73 Å². The van der Waals surface area contributed by atoms with Crippen molar-refractivity contribution in [1.29, 1.82) is 0 Å². The summed E-state index contributed by atoms with van der Waals surface area (Å²) < 4.78 is 4.84. The van der Waals surface area contributed by atoms with Crippen LogP contribution in [-0.2, 0) is 24.0 Å². The molecule has 24 heavy (non-hydrogen) atoms. The van der Waals surface area contributed by atoms with Gasteiger partial charge in [-0.2, -0.15) is 10.1 Å². The van der Waals surface area contributed by atoms with Gasteiger partial charge in [-0.15, -0.1) is 0 Å². The van der Waals surface area contributed by atoms with Crippen molar-refractivity contribution in [2.45, 2.75) is 58.5 Å². The zero-order valence-electron chi connectivity index (χ0n) is 15.0. The Balaban J connectivity index is 0.000000243. The molecule has 2 aliphatic rings. The molecular weight excluding hydrogens is 314 g/mol. The second-order valence-corrected chi connectivity index (χ2v) is 5.76. The molecular formula is C16H31N3O5. The highest BCUT2D eigenvalue weighted by Crippen LogP contribution is 2.19. The molecule has 8 heteroatoms. The molecule has 2 aliphatic heterocycles. The Labute approximate surface area is 144 Å². The first-order valence-electron chi connectivity index (χ1n) is 8.80. The number of hydroxylamine groups is 4. The van der Waals surface area contributed by atoms with Crippen molar-refractivity contribution in [2.75, 3.05) is 32.9 Å². The smallest absolute Gasteiger partial charge is 0.327 e. The van der Waals surface area contributed by atoms with Crippen molar-refractivity contribution in [3.05, 3.63) is 0 Å². The van der Waals surface area contributed by atoms with E-state index < -0.39 is 0 Å². The summed E-state index contributed by atoms with van der Waals surface area (Å²) in [5.41, 5.74) is 5.03. The van der Waals surface area contributed by atoms with E-state index in [0.29, 0.717) is 32.9 Å². The number of nitrogens with zero attached hydrogens (tertiary/aromatic N) is 2. The van der Waals surface area contributed by atoms with Crippen molar-refractivity contribution in [2.24, 2.45) is 5.73 Å². The minimum atomic E-state index is -0.290. The highest BCUT2D eigenvalue weighted by Gasteiger charge is 2.43. The zero-order valence-corrected chi connectivity index (χ0v) is 15.0. The van der Waals surface area contributed by atoms with Gasteiger partial charge in [0.15, 0.2) is 0 Å². The molecule has 0 spiro atoms. The average molecular weight is 345 g/mol. The fourth-order valence-corrected chi connectivity index (χ4v) is 1.85. The molecule has 2 N–H and O–H groups in total. The van der Waals surface area contributed by atoms with Crippen LogP contribution in [0.5, 0.6) is 0 Å². The number of primary amides is 1. The molecule has 4 atom stereocenters. The van der Waals surface area contributed by atoms with Crippen LogP contribution in [-0.4, -0.2) is 67.0 Å². The van der Waals surface area contributed by atoms with Gasteiger partial charge in [0.25, 0.3) is 0 Å². The Hall–Kier alpha value is -1.22. The maximum absolute atomic E-state index is 11.1. The molecule has 140 valence electrons. The molecule has 2 fully saturated rings. The van der Waals surface area contributed by atoms with E-state index in [1.165, 1.54) is 0 Å². The third-order valence-corrected chi connectivity index (χ3v) is 3.53. The van der Waals surface area contributed by atoms with Crippen LogP contribution in [0.4, 0.5) is 0 Å². The number of ether oxygens (including phenoxy) is 1. The fraction of sp³-hybridized carbons (Fsp3) is 0.875. The van der Waals surface area contributed by atoms with E-state index in [-0.39, 0.29) is 24.0 Å². The minimum Gasteiger partial charge on any atom is -0.465 e. The van der Waals surface area contributed by atoms with Crippen LogP contribution in [0.1, 0.15) is 46.5 Å². The van der Waals surface area contributed by atoms with E-state index in [1.807, 2.05) is 6.92 Å². The standard InChI is InChI=1S/C9H17NO3.C7H14N2O2/c1-3-5-6-13-10-7-8(10)9(11)12-4-2;1-2-3-4-11-9-5-6(9)7(8)10/h8H,3-7H2,1-2H3;6H,2-5H2,1H3,(H2,8,10). The highest BCUT2D eigenvalue weighted by atomic mass is 16.7. The summed E-state index contributed by atoms with van der Waals surface area (Å²) in [6, 6.07) is -0.302. The largest absolute Gasteiger partial charge is 0.465 e. The lowest BCUT2D eigenvalue weighted by atomic mass is 10.4. The quantitative estimate of drug-likeness (QED) is 0.337. The Morgan fingerprint density at radius 1 is 0.958 bits per heavy atom. The van der Waals surface area contributed by atoms with Crippen LogP contribution >= 0.6 is 0 Å². The van der Waals surface area contributed by atoms with Gasteiger partial charge in [-0.25, -0.2) is 0 Å². The molecule has 8 nitrogen and oxygen atoms in total. The number of carbonyl (C=O) groups excluding carboxylic acids is 2. The number of hydrogen-bond acceptors (Lipinski definition) is 7. The van der Waals surface area contributed by atoms with Gasteiger partial charge in [-0.3, -0.25) is 19.3 Å². The number of carbonyl (C=O) groups is 2. The molecule has 0 aromatic heterocycles. The van der Waals surface area contributed by atoms with Crippen molar-refractivity contribution in [3.63, 3.8) is 0 Å². The molecule has 0 bridgehead atoms. The van der Waals surface area contributed by atoms with E-state index in [1.54, 1.807) is 10.1 Å². The zero-order chi connectivity index (χ0) is 17.9. The van der Waals surface area contributed by atoms with Crippen LogP contribution in [0.3, 0.4) is 0 Å². The lowest BCUT2D eigenvalue weighted by molar-refractivity contribution is -0.150. The van der Waals surface area contributed by atoms with Gasteiger partial charge >= 0.3 is 5.97 Å². The second kappa shape index (κ2) is 11.4. The monoisotopic (exact) mass is 345 g/mol. The summed E-state index contributed by atoms with van der Waals surface area (Å²) in [5.74, 6) is -0.458. The molecule has 0 aliphatic carbocycles. The summed E-state index contributed by atoms with van der Waals surface area (Å²) in [5, 5.41) is 3.30. The molecule has 2 rings (SSSR count). The van der Waals surface area contributed by atoms with Gasteiger partial charge < -0.3 is 10.5 Å². The third-order valence-electron chi connectivity index (χ3n) is 3.53. The highest BCUT2D eigenvalue weighted by molar-refractivity contribution is 5.82. The number of hydrogen-bond donors (Lipinski definition) is 1. The summed E-state index contributed by atoms with van der Waals surface area (Å²) in [4.78, 5) is 32.1. The van der Waals surface area contributed by atoms with E-state index >= 15 is 0 Å². The summed E-state index contributed by atoms with van der Waals surface area (Å²) in [6.07, 6.45) is 4.28. The molecule has 0 saturated carbocycles. The predicted octanol–water partition coefficient (Wildman–Crippen LogP) is 0.853. The Morgan fingerprint density at radius 2 is 1.46 bits per heavy atom. The second-order valence-electron chi connectivity index (χ2n) is 5.76. The molecule has 4 unspecified atom stereocenters. The maximum Gasteiger partial charge on any atom is 0.327 e. The number of nitrogens with two attached hydrogens (primary N) is 1. The number of unbranched alkanes of at least 4 members (excludes halogenated alkanes) is 2. The van der Waals surface area contributed by atoms with Crippen LogP contribution in [0.25, 0.3) is 0 Å². The SMILES string of the molecule is CCCCON1CC1C(=O)OCC.CCCCON1CC1C(N)=O. The molecule has 0 aromatic carbocycles. The molecule has 1 amide bonds. The Morgan fingerprint density at radius 3 is 1.88 bits per heavy atom. The van der Waals surface area contributed by atoms with Gasteiger partial charge in [-0.05, 0) is 19.8 Å². The first-order chi connectivity index (χ1) is 11.5. The van der Waals surface area contributed by atoms with Crippen molar-refractivity contribution in [3.8, 4) is 0 Å². The van der Waals surface area contributed by atoms with Crippen molar-refractivity contribution in [1.82, 2.24) is 10.1 Å². The summed E-state index contributed by atoms with van der Waals surface area (Å²) in [7, 11) is 0. The van der Waals surface area contributed by atoms with Crippen LogP contribution in [0.2, 0.25) is 0 Å². The topological polar surface area (TPSA) is 93.9 Å². The summed E-state index contributed by atoms with van der Waals surface area (Å²) >= 11 is 0. The molecule has 0 radical (unpaired) electrons. The van der Waals surface area contributed by atoms with Gasteiger partial charge in [-0.1, -0.05) is 26.7 Å². The predicted molar refractivity (Wildman–Crippen MR) is 88.5 cm³/mol. The Bertz CT molecular complexity index is 394. The van der Waals surface area contributed by atoms with E-state index in [9.17, 15) is 9.59 Å². The first kappa shape index (κ1) is 20.8. The van der Waals surface area contributed by atoms with Crippen LogP contribution in [0, 0.1) is 0 Å². The minimum absolute atomic E-state index is 0.142. The van der Waals surface area contributed by atoms with E-state index in [2.05, 4.69) is 13.8 Å². The lowest BCUT2D eigenvalue weighted by Gasteiger charge is -2.03. The van der Waals surface area contributed by atoms with Gasteiger partial charge in [0, 0.05) is 0 Å². The maximum atomic E-state index is 11.1. The molecule has 2 saturated heterocycles. The van der Waals surface area contributed by atoms with Crippen LogP contribution in [0.15, 0.2) is 0 Å². The molecule has 0 aromatic rings. The van der Waals surface area contributed by atoms with E-state index in [4.69, 9.17) is 20.1 Å². The first-order valence-corrected chi connectivity index (χ1v) is 8.80. The van der Waals surface area contributed by atoms with Gasteiger partial charge in [0.1, 0.15) is 12.1 Å².